The number of hydrogen-bond acceptors (Lipinski definition) is 3. The van der Waals surface area contributed by atoms with Crippen LogP contribution in [-0.4, -0.2) is 5.11 Å². The molecule has 1 atom stereocenters. The van der Waals surface area contributed by atoms with E-state index >= 15 is 0 Å². The molecular formula is C18H19NO2. The van der Waals surface area contributed by atoms with E-state index in [9.17, 15) is 5.11 Å². The molecule has 1 heterocycles. The number of rotatable bonds is 4. The van der Waals surface area contributed by atoms with Gasteiger partial charge in [-0.25, -0.2) is 0 Å². The van der Waals surface area contributed by atoms with E-state index in [0.29, 0.717) is 12.3 Å². The first-order valence-corrected chi connectivity index (χ1v) is 7.14. The molecule has 0 aliphatic rings. The lowest BCUT2D eigenvalue weighted by molar-refractivity contribution is 0.436. The summed E-state index contributed by atoms with van der Waals surface area (Å²) in [5.41, 5.74) is 2.94. The minimum Gasteiger partial charge on any atom is -0.508 e. The first-order valence-electron chi connectivity index (χ1n) is 7.14. The largest absolute Gasteiger partial charge is 0.508 e. The number of phenolic OH excluding ortho intramolecular Hbond substituents is 1. The van der Waals surface area contributed by atoms with Crippen molar-refractivity contribution in [2.45, 2.75) is 26.4 Å². The van der Waals surface area contributed by atoms with Gasteiger partial charge in [0.2, 0.25) is 0 Å². The molecule has 2 aromatic carbocycles. The zero-order chi connectivity index (χ0) is 14.8. The third-order valence-corrected chi connectivity index (χ3v) is 3.71. The van der Waals surface area contributed by atoms with E-state index in [1.807, 2.05) is 43.3 Å². The summed E-state index contributed by atoms with van der Waals surface area (Å²) in [5.74, 6) is 1.23. The van der Waals surface area contributed by atoms with Crippen LogP contribution in [0, 0.1) is 6.92 Å². The molecule has 108 valence electrons. The van der Waals surface area contributed by atoms with Crippen LogP contribution in [0.2, 0.25) is 0 Å². The predicted molar refractivity (Wildman–Crippen MR) is 84.3 cm³/mol. The predicted octanol–water partition coefficient (Wildman–Crippen LogP) is 4.30. The highest BCUT2D eigenvalue weighted by atomic mass is 16.3. The Morgan fingerprint density at radius 3 is 2.76 bits per heavy atom. The Kier molecular flexibility index (Phi) is 3.67. The normalized spacial score (nSPS) is 12.7. The van der Waals surface area contributed by atoms with Crippen molar-refractivity contribution in [2.24, 2.45) is 0 Å². The van der Waals surface area contributed by atoms with E-state index in [-0.39, 0.29) is 6.04 Å². The van der Waals surface area contributed by atoms with Gasteiger partial charge >= 0.3 is 0 Å². The standard InChI is InChI=1S/C18H19NO2/c1-12-7-8-16(20)15(9-12)11-19-13(2)18-10-14-5-3-4-6-17(14)21-18/h3-10,13,19-20H,11H2,1-2H3. The molecule has 2 N–H and O–H groups in total. The quantitative estimate of drug-likeness (QED) is 0.749. The maximum atomic E-state index is 9.87. The molecule has 1 aromatic heterocycles. The average molecular weight is 281 g/mol. The monoisotopic (exact) mass is 281 g/mol. The van der Waals surface area contributed by atoms with Gasteiger partial charge < -0.3 is 14.8 Å². The molecule has 0 fully saturated rings. The third-order valence-electron chi connectivity index (χ3n) is 3.71. The van der Waals surface area contributed by atoms with E-state index in [1.165, 1.54) is 0 Å². The smallest absolute Gasteiger partial charge is 0.134 e. The molecular weight excluding hydrogens is 262 g/mol. The highest BCUT2D eigenvalue weighted by Crippen LogP contribution is 2.24. The molecule has 0 bridgehead atoms. The van der Waals surface area contributed by atoms with E-state index < -0.39 is 0 Å². The second kappa shape index (κ2) is 5.62. The van der Waals surface area contributed by atoms with Gasteiger partial charge in [-0.15, -0.1) is 0 Å². The summed E-state index contributed by atoms with van der Waals surface area (Å²) in [6, 6.07) is 15.8. The number of furan rings is 1. The van der Waals surface area contributed by atoms with Gasteiger partial charge in [-0.05, 0) is 32.0 Å². The molecule has 3 rings (SSSR count). The van der Waals surface area contributed by atoms with Gasteiger partial charge in [-0.3, -0.25) is 0 Å². The van der Waals surface area contributed by atoms with Crippen LogP contribution in [0.5, 0.6) is 5.75 Å². The lowest BCUT2D eigenvalue weighted by atomic mass is 10.1. The summed E-state index contributed by atoms with van der Waals surface area (Å²) in [4.78, 5) is 0. The first kappa shape index (κ1) is 13.7. The van der Waals surface area contributed by atoms with Crippen molar-refractivity contribution in [3.63, 3.8) is 0 Å². The Balaban J connectivity index is 1.74. The fourth-order valence-corrected chi connectivity index (χ4v) is 2.44. The Bertz CT molecular complexity index is 728. The zero-order valence-electron chi connectivity index (χ0n) is 12.3. The minimum absolute atomic E-state index is 0.0808. The van der Waals surface area contributed by atoms with Crippen molar-refractivity contribution < 1.29 is 9.52 Å². The molecule has 3 aromatic rings. The fourth-order valence-electron chi connectivity index (χ4n) is 2.44. The van der Waals surface area contributed by atoms with Gasteiger partial charge in [0, 0.05) is 17.5 Å². The number of nitrogens with one attached hydrogen (secondary N) is 1. The van der Waals surface area contributed by atoms with Gasteiger partial charge in [0.15, 0.2) is 0 Å². The Morgan fingerprint density at radius 1 is 1.14 bits per heavy atom. The highest BCUT2D eigenvalue weighted by Gasteiger charge is 2.11. The van der Waals surface area contributed by atoms with Crippen molar-refractivity contribution in [1.29, 1.82) is 0 Å². The number of aryl methyl sites for hydroxylation is 1. The van der Waals surface area contributed by atoms with Crippen LogP contribution in [0.3, 0.4) is 0 Å². The summed E-state index contributed by atoms with van der Waals surface area (Å²) < 4.78 is 5.85. The maximum Gasteiger partial charge on any atom is 0.134 e. The van der Waals surface area contributed by atoms with Gasteiger partial charge in [0.1, 0.15) is 17.1 Å². The van der Waals surface area contributed by atoms with Gasteiger partial charge in [-0.2, -0.15) is 0 Å². The number of benzene rings is 2. The molecule has 21 heavy (non-hydrogen) atoms. The van der Waals surface area contributed by atoms with E-state index in [2.05, 4.69) is 18.3 Å². The summed E-state index contributed by atoms with van der Waals surface area (Å²) in [7, 11) is 0. The van der Waals surface area contributed by atoms with E-state index in [1.54, 1.807) is 6.07 Å². The molecule has 0 aliphatic carbocycles. The molecule has 3 heteroatoms. The van der Waals surface area contributed by atoms with Crippen molar-refractivity contribution in [3.8, 4) is 5.75 Å². The maximum absolute atomic E-state index is 9.87. The first-order chi connectivity index (χ1) is 10.1. The molecule has 1 unspecified atom stereocenters. The second-order valence-corrected chi connectivity index (χ2v) is 5.42. The van der Waals surface area contributed by atoms with Crippen molar-refractivity contribution in [1.82, 2.24) is 5.32 Å². The SMILES string of the molecule is Cc1ccc(O)c(CNC(C)c2cc3ccccc3o2)c1. The second-order valence-electron chi connectivity index (χ2n) is 5.42. The molecule has 0 amide bonds. The van der Waals surface area contributed by atoms with E-state index in [0.717, 1.165) is 27.9 Å². The molecule has 0 radical (unpaired) electrons. The van der Waals surface area contributed by atoms with Crippen LogP contribution in [0.4, 0.5) is 0 Å². The van der Waals surface area contributed by atoms with Crippen LogP contribution in [0.25, 0.3) is 11.0 Å². The topological polar surface area (TPSA) is 45.4 Å². The lowest BCUT2D eigenvalue weighted by Gasteiger charge is -2.12. The molecule has 0 saturated carbocycles. The van der Waals surface area contributed by atoms with Crippen LogP contribution < -0.4 is 5.32 Å². The number of fused-ring (bicyclic) bond motifs is 1. The van der Waals surface area contributed by atoms with Crippen LogP contribution in [-0.2, 0) is 6.54 Å². The Morgan fingerprint density at radius 2 is 1.95 bits per heavy atom. The van der Waals surface area contributed by atoms with Crippen LogP contribution in [0.1, 0.15) is 29.9 Å². The summed E-state index contributed by atoms with van der Waals surface area (Å²) in [5, 5.41) is 14.4. The summed E-state index contributed by atoms with van der Waals surface area (Å²) in [6.45, 7) is 4.68. The van der Waals surface area contributed by atoms with Crippen LogP contribution in [0.15, 0.2) is 52.9 Å². The van der Waals surface area contributed by atoms with Crippen molar-refractivity contribution in [2.75, 3.05) is 0 Å². The van der Waals surface area contributed by atoms with Gasteiger partial charge in [0.25, 0.3) is 0 Å². The average Bonchev–Trinajstić information content (AvgIpc) is 2.92. The number of hydrogen-bond donors (Lipinski definition) is 2. The summed E-state index contributed by atoms with van der Waals surface area (Å²) in [6.07, 6.45) is 0. The fraction of sp³-hybridized carbons (Fsp3) is 0.222. The molecule has 0 aliphatic heterocycles. The van der Waals surface area contributed by atoms with Crippen molar-refractivity contribution >= 4 is 11.0 Å². The number of para-hydroxylation sites is 1. The van der Waals surface area contributed by atoms with Gasteiger partial charge in [0.05, 0.1) is 6.04 Å². The highest BCUT2D eigenvalue weighted by molar-refractivity contribution is 5.77. The number of phenols is 1. The van der Waals surface area contributed by atoms with Crippen molar-refractivity contribution in [3.05, 3.63) is 65.4 Å². The number of aromatic hydroxyl groups is 1. The minimum atomic E-state index is 0.0808. The Hall–Kier alpha value is -2.26. The lowest BCUT2D eigenvalue weighted by Crippen LogP contribution is -2.17. The molecule has 0 spiro atoms. The molecule has 3 nitrogen and oxygen atoms in total. The zero-order valence-corrected chi connectivity index (χ0v) is 12.3. The Labute approximate surface area is 124 Å². The van der Waals surface area contributed by atoms with E-state index in [4.69, 9.17) is 4.42 Å². The van der Waals surface area contributed by atoms with Gasteiger partial charge in [-0.1, -0.05) is 35.9 Å². The van der Waals surface area contributed by atoms with Crippen LogP contribution >= 0.6 is 0 Å². The summed E-state index contributed by atoms with van der Waals surface area (Å²) >= 11 is 0. The molecule has 0 saturated heterocycles. The third kappa shape index (κ3) is 2.93.